The van der Waals surface area contributed by atoms with E-state index in [0.717, 1.165) is 17.7 Å². The number of aromatic nitrogens is 2. The van der Waals surface area contributed by atoms with E-state index in [0.29, 0.717) is 23.9 Å². The number of benzene rings is 2. The molecule has 1 heterocycles. The van der Waals surface area contributed by atoms with Crippen molar-refractivity contribution in [3.63, 3.8) is 0 Å². The maximum atomic E-state index is 12.7. The average molecular weight is 427 g/mol. The Hall–Kier alpha value is -3.60. The van der Waals surface area contributed by atoms with E-state index in [1.807, 2.05) is 13.0 Å². The van der Waals surface area contributed by atoms with E-state index >= 15 is 0 Å². The fourth-order valence-electron chi connectivity index (χ4n) is 3.06. The van der Waals surface area contributed by atoms with Crippen molar-refractivity contribution in [1.82, 2.24) is 14.9 Å². The van der Waals surface area contributed by atoms with Gasteiger partial charge in [0.05, 0.1) is 29.3 Å². The lowest BCUT2D eigenvalue weighted by atomic mass is 10.1. The lowest BCUT2D eigenvalue weighted by molar-refractivity contribution is -0.137. The Morgan fingerprint density at radius 2 is 1.97 bits per heavy atom. The Bertz CT molecular complexity index is 1220. The Balaban J connectivity index is 1.49. The molecule has 0 unspecified atom stereocenters. The molecule has 31 heavy (non-hydrogen) atoms. The van der Waals surface area contributed by atoms with Gasteiger partial charge in [0.25, 0.3) is 5.56 Å². The van der Waals surface area contributed by atoms with Crippen molar-refractivity contribution in [3.8, 4) is 11.8 Å². The number of carbonyl (C=O) groups excluding carboxylic acids is 1. The molecule has 0 atom stereocenters. The highest BCUT2D eigenvalue weighted by Crippen LogP contribution is 2.29. The predicted molar refractivity (Wildman–Crippen MR) is 111 cm³/mol. The Kier molecular flexibility index (Phi) is 6.75. The second-order valence-electron chi connectivity index (χ2n) is 6.97. The lowest BCUT2D eigenvalue weighted by Crippen LogP contribution is -2.25. The van der Waals surface area contributed by atoms with Gasteiger partial charge in [-0.1, -0.05) is 30.0 Å². The first kappa shape index (κ1) is 22.1. The molecule has 2 aromatic carbocycles. The van der Waals surface area contributed by atoms with Crippen molar-refractivity contribution in [1.29, 1.82) is 0 Å². The molecule has 0 fully saturated rings. The van der Waals surface area contributed by atoms with Crippen LogP contribution in [-0.2, 0) is 17.5 Å². The van der Waals surface area contributed by atoms with Gasteiger partial charge in [-0.2, -0.15) is 13.2 Å². The zero-order chi connectivity index (χ0) is 22.4. The van der Waals surface area contributed by atoms with Crippen molar-refractivity contribution in [3.05, 3.63) is 75.8 Å². The minimum Gasteiger partial charge on any atom is -0.345 e. The Labute approximate surface area is 176 Å². The van der Waals surface area contributed by atoms with Crippen LogP contribution in [0.1, 0.15) is 29.5 Å². The minimum atomic E-state index is -4.42. The second-order valence-corrected chi connectivity index (χ2v) is 6.97. The number of hydrogen-bond donors (Lipinski definition) is 1. The summed E-state index contributed by atoms with van der Waals surface area (Å²) in [4.78, 5) is 28.8. The molecule has 0 aliphatic carbocycles. The molecule has 1 N–H and O–H groups in total. The molecule has 1 amide bonds. The van der Waals surface area contributed by atoms with Gasteiger partial charge in [-0.25, -0.2) is 4.98 Å². The van der Waals surface area contributed by atoms with E-state index in [4.69, 9.17) is 0 Å². The van der Waals surface area contributed by atoms with E-state index in [1.165, 1.54) is 23.0 Å². The number of hydrogen-bond acceptors (Lipinski definition) is 3. The number of alkyl halides is 3. The van der Waals surface area contributed by atoms with Crippen molar-refractivity contribution in [2.75, 3.05) is 6.54 Å². The lowest BCUT2D eigenvalue weighted by Gasteiger charge is -2.07. The number of amides is 1. The van der Waals surface area contributed by atoms with Crippen LogP contribution in [0, 0.1) is 18.8 Å². The number of carbonyl (C=O) groups is 1. The maximum Gasteiger partial charge on any atom is 0.416 e. The molecule has 5 nitrogen and oxygen atoms in total. The summed E-state index contributed by atoms with van der Waals surface area (Å²) in [6.07, 6.45) is -2.32. The van der Waals surface area contributed by atoms with Crippen LogP contribution in [0.2, 0.25) is 0 Å². The zero-order valence-corrected chi connectivity index (χ0v) is 16.8. The summed E-state index contributed by atoms with van der Waals surface area (Å²) in [5.74, 6) is 4.99. The summed E-state index contributed by atoms with van der Waals surface area (Å²) >= 11 is 0. The van der Waals surface area contributed by atoms with Crippen molar-refractivity contribution < 1.29 is 18.0 Å². The first-order valence-corrected chi connectivity index (χ1v) is 9.63. The molecule has 0 saturated heterocycles. The van der Waals surface area contributed by atoms with E-state index < -0.39 is 11.7 Å². The van der Waals surface area contributed by atoms with Crippen molar-refractivity contribution in [2.45, 2.75) is 32.5 Å². The van der Waals surface area contributed by atoms with Gasteiger partial charge in [0, 0.05) is 18.5 Å². The monoisotopic (exact) mass is 427 g/mol. The first-order chi connectivity index (χ1) is 14.8. The van der Waals surface area contributed by atoms with E-state index in [9.17, 15) is 22.8 Å². The Morgan fingerprint density at radius 1 is 1.19 bits per heavy atom. The summed E-state index contributed by atoms with van der Waals surface area (Å²) in [7, 11) is 0. The fourth-order valence-corrected chi connectivity index (χ4v) is 3.06. The predicted octanol–water partition coefficient (Wildman–Crippen LogP) is 3.67. The van der Waals surface area contributed by atoms with Crippen LogP contribution in [0.3, 0.4) is 0 Å². The molecule has 0 aliphatic heterocycles. The highest BCUT2D eigenvalue weighted by molar-refractivity contribution is 5.80. The third kappa shape index (κ3) is 5.72. The van der Waals surface area contributed by atoms with Crippen molar-refractivity contribution >= 4 is 16.8 Å². The molecule has 0 aliphatic rings. The summed E-state index contributed by atoms with van der Waals surface area (Å²) in [5.41, 5.74) is 0.897. The van der Waals surface area contributed by atoms with Crippen LogP contribution in [0.4, 0.5) is 13.2 Å². The molecule has 8 heteroatoms. The fraction of sp³-hybridized carbons (Fsp3) is 0.261. The van der Waals surface area contributed by atoms with Crippen LogP contribution in [0.5, 0.6) is 0 Å². The smallest absolute Gasteiger partial charge is 0.345 e. The molecular weight excluding hydrogens is 407 g/mol. The molecule has 0 bridgehead atoms. The molecule has 0 spiro atoms. The van der Waals surface area contributed by atoms with Crippen LogP contribution in [-0.4, -0.2) is 22.0 Å². The number of nitrogens with one attached hydrogen (secondary N) is 1. The van der Waals surface area contributed by atoms with Crippen LogP contribution in [0.25, 0.3) is 10.9 Å². The van der Waals surface area contributed by atoms with Gasteiger partial charge in [-0.3, -0.25) is 14.2 Å². The van der Waals surface area contributed by atoms with Gasteiger partial charge in [-0.15, -0.1) is 0 Å². The second kappa shape index (κ2) is 9.47. The highest BCUT2D eigenvalue weighted by Gasteiger charge is 2.30. The SMILES string of the molecule is Cc1cccc2c(=O)n(CCCC(=O)NCC#Cc3cccc(C(F)(F)F)c3)cnc12. The normalized spacial score (nSPS) is 11.1. The minimum absolute atomic E-state index is 0.0197. The number of rotatable bonds is 5. The summed E-state index contributed by atoms with van der Waals surface area (Å²) in [6, 6.07) is 10.1. The maximum absolute atomic E-state index is 12.7. The number of para-hydroxylation sites is 1. The largest absolute Gasteiger partial charge is 0.416 e. The number of aryl methyl sites for hydroxylation is 2. The third-order valence-corrected chi connectivity index (χ3v) is 4.65. The van der Waals surface area contributed by atoms with E-state index in [1.54, 1.807) is 12.1 Å². The van der Waals surface area contributed by atoms with E-state index in [-0.39, 0.29) is 30.0 Å². The zero-order valence-electron chi connectivity index (χ0n) is 16.8. The quantitative estimate of drug-likeness (QED) is 0.632. The third-order valence-electron chi connectivity index (χ3n) is 4.65. The van der Waals surface area contributed by atoms with Crippen molar-refractivity contribution in [2.24, 2.45) is 0 Å². The molecule has 0 saturated carbocycles. The molecule has 0 radical (unpaired) electrons. The number of nitrogens with zero attached hydrogens (tertiary/aromatic N) is 2. The van der Waals surface area contributed by atoms with E-state index in [2.05, 4.69) is 22.1 Å². The number of halogens is 3. The summed E-state index contributed by atoms with van der Waals surface area (Å²) in [5, 5.41) is 3.14. The van der Waals surface area contributed by atoms with Gasteiger partial charge < -0.3 is 5.32 Å². The van der Waals surface area contributed by atoms with Crippen LogP contribution >= 0.6 is 0 Å². The molecular formula is C23H20F3N3O2. The first-order valence-electron chi connectivity index (χ1n) is 9.63. The Morgan fingerprint density at radius 3 is 2.74 bits per heavy atom. The topological polar surface area (TPSA) is 64.0 Å². The number of fused-ring (bicyclic) bond motifs is 1. The highest BCUT2D eigenvalue weighted by atomic mass is 19.4. The summed E-state index contributed by atoms with van der Waals surface area (Å²) < 4.78 is 39.6. The van der Waals surface area contributed by atoms with Gasteiger partial charge >= 0.3 is 6.18 Å². The van der Waals surface area contributed by atoms with Gasteiger partial charge in [0.2, 0.25) is 5.91 Å². The van der Waals surface area contributed by atoms with Gasteiger partial charge in [-0.05, 0) is 43.2 Å². The summed E-state index contributed by atoms with van der Waals surface area (Å²) in [6.45, 7) is 2.25. The molecule has 1 aromatic heterocycles. The molecule has 3 rings (SSSR count). The van der Waals surface area contributed by atoms with Gasteiger partial charge in [0.1, 0.15) is 0 Å². The standard InChI is InChI=1S/C23H20F3N3O2/c1-16-6-2-10-19-21(16)28-15-29(22(19)31)13-5-11-20(30)27-12-4-8-17-7-3-9-18(14-17)23(24,25)26/h2-3,6-7,9-10,14-15H,5,11-13H2,1H3,(H,27,30). The van der Waals surface area contributed by atoms with Crippen LogP contribution in [0.15, 0.2) is 53.6 Å². The molecule has 3 aromatic rings. The van der Waals surface area contributed by atoms with Crippen LogP contribution < -0.4 is 10.9 Å². The molecule has 160 valence electrons. The average Bonchev–Trinajstić information content (AvgIpc) is 2.73. The van der Waals surface area contributed by atoms with Gasteiger partial charge in [0.15, 0.2) is 0 Å².